The van der Waals surface area contributed by atoms with Crippen LogP contribution in [0.4, 0.5) is 0 Å². The summed E-state index contributed by atoms with van der Waals surface area (Å²) in [6.07, 6.45) is 0. The van der Waals surface area contributed by atoms with Gasteiger partial charge in [-0.2, -0.15) is 0 Å². The number of hydrogen-bond donors (Lipinski definition) is 0. The van der Waals surface area contributed by atoms with Crippen LogP contribution in [0.2, 0.25) is 39.3 Å². The SMILES string of the molecule is Cc1ccc(C2C([Si](C)(C)C)=C(O[Si](C)(C)C)c3ccccc32)cc1. The first-order chi connectivity index (χ1) is 11.6. The van der Waals surface area contributed by atoms with Gasteiger partial charge in [0.2, 0.25) is 8.32 Å². The summed E-state index contributed by atoms with van der Waals surface area (Å²) in [6.45, 7) is 16.3. The minimum absolute atomic E-state index is 0.342. The van der Waals surface area contributed by atoms with Crippen LogP contribution in [0.5, 0.6) is 0 Å². The molecule has 0 bridgehead atoms. The molecule has 1 aliphatic rings. The minimum atomic E-state index is -1.69. The number of fused-ring (bicyclic) bond motifs is 1. The highest BCUT2D eigenvalue weighted by Crippen LogP contribution is 2.50. The number of benzene rings is 2. The number of rotatable bonds is 4. The zero-order valence-electron chi connectivity index (χ0n) is 16.6. The lowest BCUT2D eigenvalue weighted by atomic mass is 9.92. The second-order valence-corrected chi connectivity index (χ2v) is 18.6. The second-order valence-electron chi connectivity index (χ2n) is 9.14. The molecule has 2 aromatic carbocycles. The maximum Gasteiger partial charge on any atom is 0.242 e. The molecular weight excluding hydrogens is 336 g/mol. The fourth-order valence-corrected chi connectivity index (χ4v) is 6.67. The molecule has 1 aliphatic carbocycles. The fourth-order valence-electron chi connectivity index (χ4n) is 3.68. The molecule has 2 aromatic rings. The van der Waals surface area contributed by atoms with Crippen LogP contribution in [0.1, 0.15) is 28.2 Å². The second kappa shape index (κ2) is 6.29. The molecule has 1 atom stereocenters. The van der Waals surface area contributed by atoms with E-state index < -0.39 is 16.4 Å². The molecule has 0 aromatic heterocycles. The van der Waals surface area contributed by atoms with Crippen LogP contribution in [0.15, 0.2) is 53.7 Å². The highest BCUT2D eigenvalue weighted by Gasteiger charge is 2.41. The molecule has 0 radical (unpaired) electrons. The molecular formula is C22H30OSi2. The van der Waals surface area contributed by atoms with E-state index in [1.165, 1.54) is 28.0 Å². The summed E-state index contributed by atoms with van der Waals surface area (Å²) in [5, 5.41) is 1.56. The van der Waals surface area contributed by atoms with Crippen LogP contribution in [0, 0.1) is 6.92 Å². The number of aryl methyl sites for hydroxylation is 1. The Hall–Kier alpha value is -1.59. The molecule has 3 heteroatoms. The van der Waals surface area contributed by atoms with Crippen molar-refractivity contribution < 1.29 is 4.43 Å². The first-order valence-corrected chi connectivity index (χ1v) is 16.1. The highest BCUT2D eigenvalue weighted by atomic mass is 28.4. The van der Waals surface area contributed by atoms with E-state index in [2.05, 4.69) is 94.7 Å². The Kier molecular flexibility index (Phi) is 4.58. The lowest BCUT2D eigenvalue weighted by molar-refractivity contribution is 0.513. The van der Waals surface area contributed by atoms with Crippen molar-refractivity contribution in [1.29, 1.82) is 0 Å². The van der Waals surface area contributed by atoms with Gasteiger partial charge < -0.3 is 4.43 Å². The maximum atomic E-state index is 6.69. The number of hydrogen-bond acceptors (Lipinski definition) is 1. The minimum Gasteiger partial charge on any atom is -0.544 e. The standard InChI is InChI=1S/C22H30OSi2/c1-16-12-14-17(15-13-16)20-18-10-8-9-11-19(18)21(23-25(5,6)7)22(20)24(2,3)4/h8-15,20H,1-7H3. The Balaban J connectivity index is 2.26. The molecule has 0 aliphatic heterocycles. The lowest BCUT2D eigenvalue weighted by Gasteiger charge is -2.29. The van der Waals surface area contributed by atoms with Gasteiger partial charge in [-0.3, -0.25) is 0 Å². The summed E-state index contributed by atoms with van der Waals surface area (Å²) in [4.78, 5) is 0. The Morgan fingerprint density at radius 1 is 0.800 bits per heavy atom. The van der Waals surface area contributed by atoms with Gasteiger partial charge in [0, 0.05) is 11.5 Å². The average Bonchev–Trinajstić information content (AvgIpc) is 2.81. The van der Waals surface area contributed by atoms with Gasteiger partial charge in [-0.05, 0) is 42.9 Å². The van der Waals surface area contributed by atoms with E-state index in [0.717, 1.165) is 0 Å². The monoisotopic (exact) mass is 366 g/mol. The largest absolute Gasteiger partial charge is 0.544 e. The van der Waals surface area contributed by atoms with Crippen LogP contribution >= 0.6 is 0 Å². The van der Waals surface area contributed by atoms with Crippen molar-refractivity contribution in [2.24, 2.45) is 0 Å². The van der Waals surface area contributed by atoms with Crippen LogP contribution < -0.4 is 0 Å². The van der Waals surface area contributed by atoms with Crippen molar-refractivity contribution in [1.82, 2.24) is 0 Å². The smallest absolute Gasteiger partial charge is 0.242 e. The lowest BCUT2D eigenvalue weighted by Crippen LogP contribution is -2.31. The molecule has 1 nitrogen and oxygen atoms in total. The van der Waals surface area contributed by atoms with Crippen molar-refractivity contribution in [3.8, 4) is 0 Å². The summed E-state index contributed by atoms with van der Waals surface area (Å²) in [5.74, 6) is 1.54. The Morgan fingerprint density at radius 2 is 1.40 bits per heavy atom. The third kappa shape index (κ3) is 3.68. The normalized spacial score (nSPS) is 17.6. The van der Waals surface area contributed by atoms with Crippen LogP contribution in [-0.4, -0.2) is 16.4 Å². The fraction of sp³-hybridized carbons (Fsp3) is 0.364. The van der Waals surface area contributed by atoms with Gasteiger partial charge in [0.1, 0.15) is 5.76 Å². The molecule has 1 unspecified atom stereocenters. The summed E-state index contributed by atoms with van der Waals surface area (Å²) in [7, 11) is -3.25. The van der Waals surface area contributed by atoms with E-state index in [1.54, 1.807) is 5.20 Å². The van der Waals surface area contributed by atoms with E-state index in [1.807, 2.05) is 0 Å². The van der Waals surface area contributed by atoms with Gasteiger partial charge >= 0.3 is 0 Å². The molecule has 0 spiro atoms. The first kappa shape index (κ1) is 18.2. The van der Waals surface area contributed by atoms with Gasteiger partial charge in [-0.1, -0.05) is 73.7 Å². The van der Waals surface area contributed by atoms with E-state index >= 15 is 0 Å². The van der Waals surface area contributed by atoms with Crippen molar-refractivity contribution in [3.05, 3.63) is 76.0 Å². The Bertz CT molecular complexity index is 805. The average molecular weight is 367 g/mol. The van der Waals surface area contributed by atoms with Gasteiger partial charge in [0.05, 0.1) is 8.07 Å². The first-order valence-electron chi connectivity index (χ1n) is 9.17. The van der Waals surface area contributed by atoms with Gasteiger partial charge in [-0.25, -0.2) is 0 Å². The van der Waals surface area contributed by atoms with E-state index in [-0.39, 0.29) is 0 Å². The number of allylic oxidation sites excluding steroid dienone is 1. The van der Waals surface area contributed by atoms with Crippen molar-refractivity contribution in [2.75, 3.05) is 0 Å². The molecule has 25 heavy (non-hydrogen) atoms. The summed E-state index contributed by atoms with van der Waals surface area (Å²) >= 11 is 0. The summed E-state index contributed by atoms with van der Waals surface area (Å²) in [5.41, 5.74) is 5.43. The molecule has 0 saturated heterocycles. The zero-order chi connectivity index (χ0) is 18.4. The van der Waals surface area contributed by atoms with Crippen LogP contribution in [0.25, 0.3) is 5.76 Å². The molecule has 0 amide bonds. The van der Waals surface area contributed by atoms with Gasteiger partial charge in [-0.15, -0.1) is 0 Å². The van der Waals surface area contributed by atoms with Crippen molar-refractivity contribution in [3.63, 3.8) is 0 Å². The van der Waals surface area contributed by atoms with Crippen LogP contribution in [0.3, 0.4) is 0 Å². The summed E-state index contributed by atoms with van der Waals surface area (Å²) in [6, 6.07) is 17.9. The van der Waals surface area contributed by atoms with Gasteiger partial charge in [0.15, 0.2) is 0 Å². The molecule has 3 rings (SSSR count). The van der Waals surface area contributed by atoms with Crippen molar-refractivity contribution >= 4 is 22.2 Å². The Morgan fingerprint density at radius 3 is 1.96 bits per heavy atom. The van der Waals surface area contributed by atoms with Crippen LogP contribution in [-0.2, 0) is 4.43 Å². The zero-order valence-corrected chi connectivity index (χ0v) is 18.6. The predicted octanol–water partition coefficient (Wildman–Crippen LogP) is 6.58. The highest BCUT2D eigenvalue weighted by molar-refractivity contribution is 6.84. The summed E-state index contributed by atoms with van der Waals surface area (Å²) < 4.78 is 6.69. The molecule has 0 N–H and O–H groups in total. The predicted molar refractivity (Wildman–Crippen MR) is 114 cm³/mol. The molecule has 0 fully saturated rings. The third-order valence-corrected chi connectivity index (χ3v) is 7.62. The topological polar surface area (TPSA) is 9.23 Å². The quantitative estimate of drug-likeness (QED) is 0.555. The maximum absolute atomic E-state index is 6.69. The Labute approximate surface area is 154 Å². The van der Waals surface area contributed by atoms with E-state index in [9.17, 15) is 0 Å². The third-order valence-electron chi connectivity index (χ3n) is 4.68. The van der Waals surface area contributed by atoms with Gasteiger partial charge in [0.25, 0.3) is 0 Å². The molecule has 0 heterocycles. The van der Waals surface area contributed by atoms with E-state index in [4.69, 9.17) is 4.43 Å². The van der Waals surface area contributed by atoms with E-state index in [0.29, 0.717) is 5.92 Å². The van der Waals surface area contributed by atoms with Crippen molar-refractivity contribution in [2.45, 2.75) is 52.1 Å². The molecule has 0 saturated carbocycles. The molecule has 132 valence electrons.